The normalized spacial score (nSPS) is 12.7. The average Bonchev–Trinajstić information content (AvgIpc) is 2.70. The van der Waals surface area contributed by atoms with E-state index < -0.39 is 27.0 Å². The van der Waals surface area contributed by atoms with E-state index >= 15 is 0 Å². The molecule has 120 valence electrons. The molecule has 0 bridgehead atoms. The number of aromatic nitrogens is 3. The zero-order chi connectivity index (χ0) is 16.3. The molecule has 0 spiro atoms. The highest BCUT2D eigenvalue weighted by Gasteiger charge is 2.43. The van der Waals surface area contributed by atoms with Crippen LogP contribution in [0.3, 0.4) is 0 Å². The van der Waals surface area contributed by atoms with Gasteiger partial charge in [0.05, 0.1) is 5.69 Å². The van der Waals surface area contributed by atoms with E-state index in [-0.39, 0.29) is 5.69 Å². The Labute approximate surface area is 122 Å². The van der Waals surface area contributed by atoms with Crippen LogP contribution >= 0.6 is 15.2 Å². The lowest BCUT2D eigenvalue weighted by atomic mass is 10.3. The molecule has 0 unspecified atom stereocenters. The van der Waals surface area contributed by atoms with Crippen LogP contribution in [0.15, 0.2) is 17.8 Å². The minimum Gasteiger partial charge on any atom is -0.324 e. The maximum absolute atomic E-state index is 11.2. The van der Waals surface area contributed by atoms with Crippen LogP contribution in [-0.4, -0.2) is 40.0 Å². The Bertz CT molecular complexity index is 576. The van der Waals surface area contributed by atoms with Crippen LogP contribution in [0.5, 0.6) is 0 Å². The fraction of sp³-hybridized carbons (Fsp3) is 0.600. The smallest absolute Gasteiger partial charge is 0.324 e. The van der Waals surface area contributed by atoms with Crippen molar-refractivity contribution in [2.24, 2.45) is 0 Å². The number of rotatable bonds is 7. The summed E-state index contributed by atoms with van der Waals surface area (Å²) in [6.07, 6.45) is 3.61. The Morgan fingerprint density at radius 1 is 1.29 bits per heavy atom. The van der Waals surface area contributed by atoms with Crippen LogP contribution in [0.25, 0.3) is 0 Å². The van der Waals surface area contributed by atoms with Gasteiger partial charge in [0.2, 0.25) is 0 Å². The van der Waals surface area contributed by atoms with Gasteiger partial charge in [-0.05, 0) is 20.3 Å². The van der Waals surface area contributed by atoms with Crippen molar-refractivity contribution in [3.05, 3.63) is 23.5 Å². The summed E-state index contributed by atoms with van der Waals surface area (Å²) in [5.74, 6) is 0. The predicted molar refractivity (Wildman–Crippen MR) is 75.7 cm³/mol. The lowest BCUT2D eigenvalue weighted by molar-refractivity contribution is 0.337. The van der Waals surface area contributed by atoms with Gasteiger partial charge in [0, 0.05) is 19.2 Å². The minimum atomic E-state index is -4.94. The fourth-order valence-corrected chi connectivity index (χ4v) is 4.07. The highest BCUT2D eigenvalue weighted by atomic mass is 31.2. The van der Waals surface area contributed by atoms with Crippen molar-refractivity contribution in [3.63, 3.8) is 0 Å². The quantitative estimate of drug-likeness (QED) is 0.422. The second kappa shape index (κ2) is 6.96. The van der Waals surface area contributed by atoms with Crippen molar-refractivity contribution in [1.29, 1.82) is 0 Å². The summed E-state index contributed by atoms with van der Waals surface area (Å²) >= 11 is 0. The Kier molecular flexibility index (Phi) is 6.04. The molecule has 0 atom stereocenters. The van der Waals surface area contributed by atoms with E-state index in [1.807, 2.05) is 19.9 Å². The van der Waals surface area contributed by atoms with E-state index in [4.69, 9.17) is 19.6 Å². The molecular formula is C10H19N3O6P2. The zero-order valence-electron chi connectivity index (χ0n) is 11.7. The third-order valence-electron chi connectivity index (χ3n) is 2.67. The van der Waals surface area contributed by atoms with Crippen LogP contribution in [-0.2, 0) is 22.1 Å². The third-order valence-corrected chi connectivity index (χ3v) is 6.39. The van der Waals surface area contributed by atoms with Gasteiger partial charge in [-0.2, -0.15) is 0 Å². The molecule has 1 heterocycles. The molecule has 0 amide bonds. The third kappa shape index (κ3) is 6.22. The van der Waals surface area contributed by atoms with E-state index in [1.54, 1.807) is 0 Å². The van der Waals surface area contributed by atoms with Crippen molar-refractivity contribution >= 4 is 15.2 Å². The molecule has 1 aromatic rings. The van der Waals surface area contributed by atoms with Gasteiger partial charge in [0.1, 0.15) is 0 Å². The summed E-state index contributed by atoms with van der Waals surface area (Å²) in [4.78, 5) is 36.2. The number of aryl methyl sites for hydroxylation is 1. The first kappa shape index (κ1) is 18.2. The van der Waals surface area contributed by atoms with Gasteiger partial charge in [0.15, 0.2) is 5.40 Å². The Balaban J connectivity index is 2.79. The minimum absolute atomic E-state index is 0.129. The van der Waals surface area contributed by atoms with E-state index in [9.17, 15) is 9.13 Å². The van der Waals surface area contributed by atoms with E-state index in [0.29, 0.717) is 13.0 Å². The summed E-state index contributed by atoms with van der Waals surface area (Å²) < 4.78 is 23.8. The van der Waals surface area contributed by atoms with Gasteiger partial charge < -0.3 is 19.6 Å². The van der Waals surface area contributed by atoms with Crippen molar-refractivity contribution < 1.29 is 28.7 Å². The van der Waals surface area contributed by atoms with Gasteiger partial charge in [0.25, 0.3) is 0 Å². The first-order chi connectivity index (χ1) is 9.50. The Hall–Kier alpha value is -0.820. The number of hydrogen-bond acceptors (Lipinski definition) is 4. The first-order valence-corrected chi connectivity index (χ1v) is 9.49. The van der Waals surface area contributed by atoms with Crippen LogP contribution in [0.4, 0.5) is 0 Å². The van der Waals surface area contributed by atoms with Crippen molar-refractivity contribution in [2.45, 2.75) is 38.6 Å². The summed E-state index contributed by atoms with van der Waals surface area (Å²) in [5.41, 5.74) is 1.28. The van der Waals surface area contributed by atoms with Gasteiger partial charge in [-0.15, -0.1) is 5.10 Å². The molecule has 1 aromatic heterocycles. The first-order valence-electron chi connectivity index (χ1n) is 6.13. The number of hydrogen-bond donors (Lipinski definition) is 4. The molecule has 0 aromatic carbocycles. The van der Waals surface area contributed by atoms with E-state index in [0.717, 1.165) is 5.57 Å². The lowest BCUT2D eigenvalue weighted by Crippen LogP contribution is -2.13. The van der Waals surface area contributed by atoms with E-state index in [1.165, 1.54) is 10.9 Å². The monoisotopic (exact) mass is 339 g/mol. The molecule has 0 saturated heterocycles. The van der Waals surface area contributed by atoms with Crippen molar-refractivity contribution in [3.8, 4) is 0 Å². The molecule has 0 saturated carbocycles. The van der Waals surface area contributed by atoms with Gasteiger partial charge in [-0.1, -0.05) is 16.9 Å². The molecule has 0 fully saturated rings. The zero-order valence-corrected chi connectivity index (χ0v) is 13.5. The molecule has 1 rings (SSSR count). The maximum Gasteiger partial charge on any atom is 0.341 e. The second-order valence-electron chi connectivity index (χ2n) is 4.91. The molecule has 4 N–H and O–H groups in total. The van der Waals surface area contributed by atoms with Gasteiger partial charge in [-0.25, -0.2) is 0 Å². The predicted octanol–water partition coefficient (Wildman–Crippen LogP) is 0.858. The molecule has 21 heavy (non-hydrogen) atoms. The summed E-state index contributed by atoms with van der Waals surface area (Å²) in [6, 6.07) is 0. The van der Waals surface area contributed by atoms with Crippen LogP contribution in [0.2, 0.25) is 0 Å². The van der Waals surface area contributed by atoms with Gasteiger partial charge in [-0.3, -0.25) is 13.8 Å². The van der Waals surface area contributed by atoms with Crippen molar-refractivity contribution in [1.82, 2.24) is 15.0 Å². The molecule has 9 nitrogen and oxygen atoms in total. The summed E-state index contributed by atoms with van der Waals surface area (Å²) in [5, 5.41) is 5.36. The van der Waals surface area contributed by atoms with Crippen LogP contribution < -0.4 is 0 Å². The van der Waals surface area contributed by atoms with Gasteiger partial charge >= 0.3 is 15.2 Å². The van der Waals surface area contributed by atoms with Crippen LogP contribution in [0, 0.1) is 0 Å². The standard InChI is InChI=1S/C10H19N3O6P2/c1-8(2)4-3-5-13-7-9(11-12-13)6-10(20(14,15)16)21(17,18)19/h4,7,10H,3,5-6H2,1-2H3,(H2,14,15,16)(H2,17,18,19). The Morgan fingerprint density at radius 3 is 2.33 bits per heavy atom. The topological polar surface area (TPSA) is 146 Å². The number of nitrogens with zero attached hydrogens (tertiary/aromatic N) is 3. The fourth-order valence-electron chi connectivity index (χ4n) is 1.65. The second-order valence-corrected chi connectivity index (χ2v) is 8.92. The van der Waals surface area contributed by atoms with E-state index in [2.05, 4.69) is 10.3 Å². The largest absolute Gasteiger partial charge is 0.341 e. The Morgan fingerprint density at radius 2 is 1.86 bits per heavy atom. The lowest BCUT2D eigenvalue weighted by Gasteiger charge is -2.18. The molecule has 0 aliphatic heterocycles. The number of allylic oxidation sites excluding steroid dienone is 2. The maximum atomic E-state index is 11.2. The highest BCUT2D eigenvalue weighted by Crippen LogP contribution is 2.60. The summed E-state index contributed by atoms with van der Waals surface area (Å²) in [6.45, 7) is 4.43. The average molecular weight is 339 g/mol. The molecule has 0 aliphatic rings. The summed E-state index contributed by atoms with van der Waals surface area (Å²) in [7, 11) is -9.87. The van der Waals surface area contributed by atoms with Crippen LogP contribution in [0.1, 0.15) is 26.0 Å². The van der Waals surface area contributed by atoms with Crippen molar-refractivity contribution in [2.75, 3.05) is 0 Å². The SMILES string of the molecule is CC(C)=CCCn1cc(CC(P(=O)(O)O)P(=O)(O)O)nn1. The molecular weight excluding hydrogens is 320 g/mol. The molecule has 0 aliphatic carbocycles. The molecule has 11 heteroatoms. The highest BCUT2D eigenvalue weighted by molar-refractivity contribution is 7.70. The molecule has 0 radical (unpaired) electrons.